The smallest absolute Gasteiger partial charge is 0.119 e. The van der Waals surface area contributed by atoms with Gasteiger partial charge in [-0.3, -0.25) is 5.01 Å². The van der Waals surface area contributed by atoms with E-state index in [0.29, 0.717) is 6.61 Å². The summed E-state index contributed by atoms with van der Waals surface area (Å²) in [6.07, 6.45) is 13.4. The summed E-state index contributed by atoms with van der Waals surface area (Å²) in [5, 5.41) is 2.06. The second-order valence-electron chi connectivity index (χ2n) is 9.19. The average Bonchev–Trinajstić information content (AvgIpc) is 3.36. The molecule has 2 fully saturated rings. The van der Waals surface area contributed by atoms with E-state index in [4.69, 9.17) is 14.2 Å². The van der Waals surface area contributed by atoms with E-state index in [1.807, 2.05) is 0 Å². The summed E-state index contributed by atoms with van der Waals surface area (Å²) < 4.78 is 16.9. The van der Waals surface area contributed by atoms with Crippen molar-refractivity contribution >= 4 is 0 Å². The van der Waals surface area contributed by atoms with E-state index in [1.54, 1.807) is 7.11 Å². The molecule has 0 atom stereocenters. The second kappa shape index (κ2) is 11.7. The molecule has 0 unspecified atom stereocenters. The van der Waals surface area contributed by atoms with E-state index in [2.05, 4.69) is 58.1 Å². The molecule has 6 nitrogen and oxygen atoms in total. The van der Waals surface area contributed by atoms with Gasteiger partial charge >= 0.3 is 0 Å². The van der Waals surface area contributed by atoms with Gasteiger partial charge in [-0.15, -0.1) is 0 Å². The third-order valence-electron chi connectivity index (χ3n) is 6.97. The summed E-state index contributed by atoms with van der Waals surface area (Å²) in [6, 6.07) is 8.84. The van der Waals surface area contributed by atoms with E-state index in [0.717, 1.165) is 64.3 Å². The number of hydrogen-bond donors (Lipinski definition) is 1. The molecule has 3 aliphatic heterocycles. The lowest BCUT2D eigenvalue weighted by molar-refractivity contribution is 0.0501. The van der Waals surface area contributed by atoms with Crippen molar-refractivity contribution in [3.05, 3.63) is 53.9 Å². The first-order chi connectivity index (χ1) is 15.8. The molecular formula is C26H39N3O3. The zero-order valence-corrected chi connectivity index (χ0v) is 19.6. The summed E-state index contributed by atoms with van der Waals surface area (Å²) in [6.45, 7) is 7.63. The van der Waals surface area contributed by atoms with Crippen LogP contribution in [0.25, 0.3) is 0 Å². The van der Waals surface area contributed by atoms with Crippen LogP contribution in [0.2, 0.25) is 0 Å². The van der Waals surface area contributed by atoms with Crippen LogP contribution in [0, 0.1) is 0 Å². The van der Waals surface area contributed by atoms with Gasteiger partial charge in [-0.25, -0.2) is 0 Å². The fourth-order valence-electron chi connectivity index (χ4n) is 4.99. The number of allylic oxidation sites excluding steroid dienone is 2. The maximum Gasteiger partial charge on any atom is 0.119 e. The van der Waals surface area contributed by atoms with Gasteiger partial charge in [-0.2, -0.15) is 0 Å². The Morgan fingerprint density at radius 1 is 1.03 bits per heavy atom. The normalized spacial score (nSPS) is 20.8. The standard InChI is InChI=1S/C26H39N3O3/c1-30-20-16-29-15-9-23(22-27-29)21-26(10-18-31-19-11-26)24-5-7-25(8-6-24)32-17-4-14-28-12-2-3-13-28/h5-9,15,22,27H,2-4,10-14,16-21H2,1H3. The molecule has 2 saturated heterocycles. The van der Waals surface area contributed by atoms with Gasteiger partial charge in [0.15, 0.2) is 0 Å². The molecule has 32 heavy (non-hydrogen) atoms. The first-order valence-corrected chi connectivity index (χ1v) is 12.2. The Balaban J connectivity index is 1.33. The van der Waals surface area contributed by atoms with Crippen molar-refractivity contribution < 1.29 is 14.2 Å². The van der Waals surface area contributed by atoms with Crippen LogP contribution in [0.3, 0.4) is 0 Å². The molecule has 3 heterocycles. The molecule has 0 bridgehead atoms. The number of likely N-dealkylation sites (tertiary alicyclic amines) is 1. The largest absolute Gasteiger partial charge is 0.494 e. The molecule has 3 aliphatic rings. The van der Waals surface area contributed by atoms with E-state index >= 15 is 0 Å². The molecule has 1 aromatic carbocycles. The zero-order chi connectivity index (χ0) is 22.1. The summed E-state index contributed by atoms with van der Waals surface area (Å²) in [7, 11) is 1.73. The number of nitrogens with zero attached hydrogens (tertiary/aromatic N) is 2. The average molecular weight is 442 g/mol. The van der Waals surface area contributed by atoms with Crippen molar-refractivity contribution in [2.75, 3.05) is 59.7 Å². The monoisotopic (exact) mass is 441 g/mol. The lowest BCUT2D eigenvalue weighted by Crippen LogP contribution is -2.37. The summed E-state index contributed by atoms with van der Waals surface area (Å²) in [5.74, 6) is 0.976. The van der Waals surface area contributed by atoms with Crippen molar-refractivity contribution in [1.82, 2.24) is 15.3 Å². The molecule has 0 saturated carbocycles. The van der Waals surface area contributed by atoms with Crippen LogP contribution in [0.15, 0.2) is 48.3 Å². The summed E-state index contributed by atoms with van der Waals surface area (Å²) >= 11 is 0. The van der Waals surface area contributed by atoms with Crippen LogP contribution in [-0.2, 0) is 14.9 Å². The van der Waals surface area contributed by atoms with Crippen molar-refractivity contribution in [2.24, 2.45) is 0 Å². The van der Waals surface area contributed by atoms with Crippen LogP contribution in [0.5, 0.6) is 5.75 Å². The predicted octanol–water partition coefficient (Wildman–Crippen LogP) is 3.85. The highest BCUT2D eigenvalue weighted by atomic mass is 16.5. The number of ether oxygens (including phenoxy) is 3. The van der Waals surface area contributed by atoms with Gasteiger partial charge in [0, 0.05) is 44.7 Å². The lowest BCUT2D eigenvalue weighted by atomic mass is 9.70. The minimum Gasteiger partial charge on any atom is -0.494 e. The minimum absolute atomic E-state index is 0.110. The van der Waals surface area contributed by atoms with Crippen molar-refractivity contribution in [3.63, 3.8) is 0 Å². The number of methoxy groups -OCH3 is 1. The number of rotatable bonds is 11. The first kappa shape index (κ1) is 23.1. The Labute approximate surface area is 193 Å². The van der Waals surface area contributed by atoms with Crippen LogP contribution in [-0.4, -0.2) is 69.6 Å². The molecule has 0 aromatic heterocycles. The number of hydrazine groups is 1. The molecular weight excluding hydrogens is 402 g/mol. The summed E-state index contributed by atoms with van der Waals surface area (Å²) in [4.78, 5) is 2.54. The Kier molecular flexibility index (Phi) is 8.49. The quantitative estimate of drug-likeness (QED) is 0.526. The van der Waals surface area contributed by atoms with Crippen molar-refractivity contribution in [1.29, 1.82) is 0 Å². The van der Waals surface area contributed by atoms with E-state index in [1.165, 1.54) is 37.1 Å². The number of nitrogens with one attached hydrogen (secondary N) is 1. The second-order valence-corrected chi connectivity index (χ2v) is 9.19. The molecule has 4 rings (SSSR count). The molecule has 1 aromatic rings. The van der Waals surface area contributed by atoms with Gasteiger partial charge in [0.25, 0.3) is 0 Å². The molecule has 0 radical (unpaired) electrons. The highest BCUT2D eigenvalue weighted by Gasteiger charge is 2.35. The van der Waals surface area contributed by atoms with Gasteiger partial charge in [-0.1, -0.05) is 12.1 Å². The van der Waals surface area contributed by atoms with Gasteiger partial charge < -0.3 is 24.5 Å². The van der Waals surface area contributed by atoms with Crippen LogP contribution in [0.4, 0.5) is 0 Å². The van der Waals surface area contributed by atoms with Crippen LogP contribution >= 0.6 is 0 Å². The SMILES string of the molecule is COCCN1C=CC(CC2(c3ccc(OCCCN4CCCC4)cc3)CCOCC2)=CN1. The predicted molar refractivity (Wildman–Crippen MR) is 128 cm³/mol. The maximum atomic E-state index is 6.04. The minimum atomic E-state index is 0.110. The zero-order valence-electron chi connectivity index (χ0n) is 19.6. The van der Waals surface area contributed by atoms with E-state index < -0.39 is 0 Å². The topological polar surface area (TPSA) is 46.2 Å². The molecule has 1 N–H and O–H groups in total. The fraction of sp³-hybridized carbons (Fsp3) is 0.615. The number of hydrogen-bond acceptors (Lipinski definition) is 6. The van der Waals surface area contributed by atoms with Crippen molar-refractivity contribution in [2.45, 2.75) is 43.9 Å². The highest BCUT2D eigenvalue weighted by molar-refractivity contribution is 5.36. The van der Waals surface area contributed by atoms with Gasteiger partial charge in [0.05, 0.1) is 19.8 Å². The Morgan fingerprint density at radius 2 is 1.81 bits per heavy atom. The fourth-order valence-corrected chi connectivity index (χ4v) is 4.99. The van der Waals surface area contributed by atoms with Crippen molar-refractivity contribution in [3.8, 4) is 5.75 Å². The first-order valence-electron chi connectivity index (χ1n) is 12.2. The Morgan fingerprint density at radius 3 is 2.50 bits per heavy atom. The molecule has 0 aliphatic carbocycles. The summed E-state index contributed by atoms with van der Waals surface area (Å²) in [5.41, 5.74) is 6.19. The molecule has 0 spiro atoms. The third kappa shape index (κ3) is 6.27. The molecule has 0 amide bonds. The Hall–Kier alpha value is -2.02. The van der Waals surface area contributed by atoms with Gasteiger partial charge in [0.2, 0.25) is 0 Å². The number of benzene rings is 1. The maximum absolute atomic E-state index is 6.04. The van der Waals surface area contributed by atoms with Crippen LogP contribution in [0.1, 0.15) is 44.1 Å². The highest BCUT2D eigenvalue weighted by Crippen LogP contribution is 2.41. The third-order valence-corrected chi connectivity index (χ3v) is 6.97. The van der Waals surface area contributed by atoms with E-state index in [9.17, 15) is 0 Å². The lowest BCUT2D eigenvalue weighted by Gasteiger charge is -2.39. The molecule has 6 heteroatoms. The van der Waals surface area contributed by atoms with Gasteiger partial charge in [0.1, 0.15) is 5.75 Å². The van der Waals surface area contributed by atoms with E-state index in [-0.39, 0.29) is 5.41 Å². The molecule has 176 valence electrons. The Bertz CT molecular complexity index is 750. The van der Waals surface area contributed by atoms with Gasteiger partial charge in [-0.05, 0) is 81.0 Å². The van der Waals surface area contributed by atoms with Crippen LogP contribution < -0.4 is 10.2 Å².